The predicted octanol–water partition coefficient (Wildman–Crippen LogP) is 3.74. The summed E-state index contributed by atoms with van der Waals surface area (Å²) in [4.78, 5) is 0. The Morgan fingerprint density at radius 1 is 1.00 bits per heavy atom. The van der Waals surface area contributed by atoms with Crippen LogP contribution in [0, 0.1) is 5.92 Å². The van der Waals surface area contributed by atoms with Crippen LogP contribution in [0.1, 0.15) is 29.5 Å². The second kappa shape index (κ2) is 6.03. The van der Waals surface area contributed by atoms with E-state index in [1.807, 2.05) is 18.2 Å². The van der Waals surface area contributed by atoms with Gasteiger partial charge in [0.25, 0.3) is 0 Å². The molecule has 0 bridgehead atoms. The van der Waals surface area contributed by atoms with Crippen LogP contribution in [0.4, 0.5) is 0 Å². The average molecular weight is 314 g/mol. The Bertz CT molecular complexity index is 706. The Hall–Kier alpha value is -2.36. The number of fused-ring (bicyclic) bond motifs is 1. The molecule has 1 aliphatic rings. The molecule has 23 heavy (non-hydrogen) atoms. The number of rotatable bonds is 4. The van der Waals surface area contributed by atoms with Gasteiger partial charge in [0.2, 0.25) is 5.75 Å². The van der Waals surface area contributed by atoms with E-state index < -0.39 is 0 Å². The van der Waals surface area contributed by atoms with Crippen LogP contribution in [0.3, 0.4) is 0 Å². The van der Waals surface area contributed by atoms with Crippen LogP contribution >= 0.6 is 0 Å². The van der Waals surface area contributed by atoms with Crippen molar-refractivity contribution in [2.24, 2.45) is 5.92 Å². The Morgan fingerprint density at radius 3 is 2.26 bits per heavy atom. The lowest BCUT2D eigenvalue weighted by atomic mass is 9.86. The van der Waals surface area contributed by atoms with Gasteiger partial charge in [-0.1, -0.05) is 19.1 Å². The number of benzene rings is 2. The number of hydrogen-bond donors (Lipinski definition) is 1. The fraction of sp³-hybridized carbons (Fsp3) is 0.368. The van der Waals surface area contributed by atoms with Crippen LogP contribution in [-0.4, -0.2) is 26.4 Å². The highest BCUT2D eigenvalue weighted by Gasteiger charge is 2.36. The molecule has 0 aliphatic heterocycles. The van der Waals surface area contributed by atoms with Gasteiger partial charge < -0.3 is 19.3 Å². The van der Waals surface area contributed by atoms with E-state index in [2.05, 4.69) is 19.1 Å². The molecule has 2 aromatic carbocycles. The van der Waals surface area contributed by atoms with Crippen LogP contribution in [0.25, 0.3) is 0 Å². The van der Waals surface area contributed by atoms with Gasteiger partial charge in [-0.3, -0.25) is 0 Å². The van der Waals surface area contributed by atoms with Crippen molar-refractivity contribution in [2.75, 3.05) is 21.3 Å². The van der Waals surface area contributed by atoms with E-state index in [0.29, 0.717) is 17.4 Å². The molecule has 122 valence electrons. The minimum Gasteiger partial charge on any atom is -0.502 e. The summed E-state index contributed by atoms with van der Waals surface area (Å²) in [6, 6.07) is 10.0. The van der Waals surface area contributed by atoms with Gasteiger partial charge >= 0.3 is 0 Å². The lowest BCUT2D eigenvalue weighted by Crippen LogP contribution is -2.07. The molecule has 0 aromatic heterocycles. The highest BCUT2D eigenvalue weighted by atomic mass is 16.5. The monoisotopic (exact) mass is 314 g/mol. The van der Waals surface area contributed by atoms with Crippen LogP contribution in [-0.2, 0) is 6.42 Å². The van der Waals surface area contributed by atoms with Gasteiger partial charge in [0.1, 0.15) is 5.75 Å². The number of aromatic hydroxyl groups is 1. The Labute approximate surface area is 136 Å². The maximum absolute atomic E-state index is 10.4. The second-order valence-electron chi connectivity index (χ2n) is 5.97. The molecular formula is C19H22O4. The molecule has 0 amide bonds. The zero-order valence-corrected chi connectivity index (χ0v) is 13.9. The number of phenolic OH excluding ortho intramolecular Hbond substituents is 1. The van der Waals surface area contributed by atoms with Crippen molar-refractivity contribution < 1.29 is 19.3 Å². The average Bonchev–Trinajstić information content (AvgIpc) is 2.90. The summed E-state index contributed by atoms with van der Waals surface area (Å²) in [5.74, 6) is 2.49. The molecule has 0 saturated carbocycles. The maximum Gasteiger partial charge on any atom is 0.201 e. The third-order valence-electron chi connectivity index (χ3n) is 4.67. The summed E-state index contributed by atoms with van der Waals surface area (Å²) in [6.07, 6.45) is 0.930. The molecule has 0 heterocycles. The molecule has 4 heteroatoms. The van der Waals surface area contributed by atoms with E-state index in [9.17, 15) is 5.11 Å². The van der Waals surface area contributed by atoms with E-state index in [1.54, 1.807) is 21.3 Å². The fourth-order valence-electron chi connectivity index (χ4n) is 3.62. The van der Waals surface area contributed by atoms with Crippen molar-refractivity contribution in [3.8, 4) is 23.0 Å². The van der Waals surface area contributed by atoms with E-state index in [1.165, 1.54) is 11.1 Å². The predicted molar refractivity (Wildman–Crippen MR) is 88.9 cm³/mol. The number of methoxy groups -OCH3 is 3. The SMILES string of the molecule is COc1ccc([C@H]2c3c(cc(OC)c(O)c3OC)C[C@@H]2C)cc1. The standard InChI is InChI=1S/C19H22O4/c1-11-9-13-10-15(22-3)18(20)19(23-4)17(13)16(11)12-5-7-14(21-2)8-6-12/h5-8,10-11,16,20H,9H2,1-4H3/t11-,16-/m0/s1. The van der Waals surface area contributed by atoms with E-state index >= 15 is 0 Å². The number of hydrogen-bond acceptors (Lipinski definition) is 4. The summed E-state index contributed by atoms with van der Waals surface area (Å²) in [7, 11) is 4.80. The van der Waals surface area contributed by atoms with E-state index in [4.69, 9.17) is 14.2 Å². The van der Waals surface area contributed by atoms with Crippen LogP contribution in [0.15, 0.2) is 30.3 Å². The first-order chi connectivity index (χ1) is 11.1. The smallest absolute Gasteiger partial charge is 0.201 e. The molecule has 0 spiro atoms. The molecule has 2 atom stereocenters. The van der Waals surface area contributed by atoms with Crippen LogP contribution in [0.2, 0.25) is 0 Å². The van der Waals surface area contributed by atoms with Gasteiger partial charge in [-0.05, 0) is 41.7 Å². The molecule has 3 rings (SSSR count). The molecule has 0 saturated heterocycles. The van der Waals surface area contributed by atoms with Gasteiger partial charge in [-0.2, -0.15) is 0 Å². The molecular weight excluding hydrogens is 292 g/mol. The van der Waals surface area contributed by atoms with E-state index in [0.717, 1.165) is 17.7 Å². The normalized spacial score (nSPS) is 19.3. The van der Waals surface area contributed by atoms with E-state index in [-0.39, 0.29) is 11.7 Å². The first kappa shape index (κ1) is 15.5. The highest BCUT2D eigenvalue weighted by molar-refractivity contribution is 5.63. The third kappa shape index (κ3) is 2.48. The second-order valence-corrected chi connectivity index (χ2v) is 5.97. The Morgan fingerprint density at radius 2 is 1.70 bits per heavy atom. The lowest BCUT2D eigenvalue weighted by molar-refractivity contribution is 0.336. The first-order valence-corrected chi connectivity index (χ1v) is 7.71. The van der Waals surface area contributed by atoms with Crippen molar-refractivity contribution in [2.45, 2.75) is 19.3 Å². The minimum absolute atomic E-state index is 0.0707. The topological polar surface area (TPSA) is 47.9 Å². The quantitative estimate of drug-likeness (QED) is 0.934. The number of ether oxygens (including phenoxy) is 3. The van der Waals surface area contributed by atoms with Crippen molar-refractivity contribution in [3.63, 3.8) is 0 Å². The van der Waals surface area contributed by atoms with Crippen molar-refractivity contribution >= 4 is 0 Å². The lowest BCUT2D eigenvalue weighted by Gasteiger charge is -2.21. The zero-order chi connectivity index (χ0) is 16.6. The third-order valence-corrected chi connectivity index (χ3v) is 4.67. The molecule has 2 aromatic rings. The van der Waals surface area contributed by atoms with Gasteiger partial charge in [0.15, 0.2) is 11.5 Å². The molecule has 1 N–H and O–H groups in total. The van der Waals surface area contributed by atoms with Crippen molar-refractivity contribution in [3.05, 3.63) is 47.0 Å². The summed E-state index contributed by atoms with van der Waals surface area (Å²) in [6.45, 7) is 2.22. The highest BCUT2D eigenvalue weighted by Crippen LogP contribution is 2.52. The van der Waals surface area contributed by atoms with Crippen LogP contribution < -0.4 is 14.2 Å². The molecule has 1 aliphatic carbocycles. The summed E-state index contributed by atoms with van der Waals surface area (Å²) >= 11 is 0. The van der Waals surface area contributed by atoms with Gasteiger partial charge in [0, 0.05) is 11.5 Å². The molecule has 4 nitrogen and oxygen atoms in total. The summed E-state index contributed by atoms with van der Waals surface area (Å²) in [5, 5.41) is 10.4. The summed E-state index contributed by atoms with van der Waals surface area (Å²) < 4.78 is 16.0. The van der Waals surface area contributed by atoms with Crippen LogP contribution in [0.5, 0.6) is 23.0 Å². The first-order valence-electron chi connectivity index (χ1n) is 7.71. The van der Waals surface area contributed by atoms with Crippen molar-refractivity contribution in [1.29, 1.82) is 0 Å². The van der Waals surface area contributed by atoms with Gasteiger partial charge in [-0.15, -0.1) is 0 Å². The Balaban J connectivity index is 2.13. The Kier molecular flexibility index (Phi) is 4.07. The van der Waals surface area contributed by atoms with Gasteiger partial charge in [0.05, 0.1) is 21.3 Å². The largest absolute Gasteiger partial charge is 0.502 e. The maximum atomic E-state index is 10.4. The molecule has 0 unspecified atom stereocenters. The molecule has 0 radical (unpaired) electrons. The minimum atomic E-state index is 0.0707. The zero-order valence-electron chi connectivity index (χ0n) is 13.9. The molecule has 0 fully saturated rings. The van der Waals surface area contributed by atoms with Crippen molar-refractivity contribution in [1.82, 2.24) is 0 Å². The van der Waals surface area contributed by atoms with Gasteiger partial charge in [-0.25, -0.2) is 0 Å². The fourth-order valence-corrected chi connectivity index (χ4v) is 3.62. The summed E-state index contributed by atoms with van der Waals surface area (Å²) in [5.41, 5.74) is 3.42. The number of phenols is 1.